The van der Waals surface area contributed by atoms with Crippen molar-refractivity contribution in [2.45, 2.75) is 233 Å². The minimum atomic E-state index is 1.27. The molecule has 0 saturated carbocycles. The van der Waals surface area contributed by atoms with Crippen molar-refractivity contribution < 1.29 is 0 Å². The van der Waals surface area contributed by atoms with E-state index < -0.39 is 0 Å². The van der Waals surface area contributed by atoms with Crippen LogP contribution in [0, 0.1) is 0 Å². The first kappa shape index (κ1) is 40.5. The number of hydrogen-bond donors (Lipinski definition) is 0. The van der Waals surface area contributed by atoms with Gasteiger partial charge in [0, 0.05) is 18.8 Å². The van der Waals surface area contributed by atoms with Crippen molar-refractivity contribution in [1.29, 1.82) is 0 Å². The molecule has 0 bridgehead atoms. The van der Waals surface area contributed by atoms with Crippen molar-refractivity contribution in [2.75, 3.05) is 13.1 Å². The Labute approximate surface area is 262 Å². The van der Waals surface area contributed by atoms with Gasteiger partial charge in [0.2, 0.25) is 0 Å². The highest BCUT2D eigenvalue weighted by molar-refractivity contribution is 4.95. The normalized spacial score (nSPS) is 12.0. The summed E-state index contributed by atoms with van der Waals surface area (Å²) >= 11 is 0. The van der Waals surface area contributed by atoms with Crippen LogP contribution in [-0.2, 0) is 0 Å². The molecule has 0 fully saturated rings. The second kappa shape index (κ2) is 35.7. The lowest BCUT2D eigenvalue weighted by Crippen LogP contribution is -2.24. The Morgan fingerprint density at radius 2 is 0.537 bits per heavy atom. The maximum atomic E-state index is 2.67. The van der Waals surface area contributed by atoms with Crippen LogP contribution in [0.15, 0.2) is 11.8 Å². The van der Waals surface area contributed by atoms with Gasteiger partial charge in [-0.3, -0.25) is 0 Å². The Morgan fingerprint density at radius 1 is 0.341 bits per heavy atom. The van der Waals surface area contributed by atoms with Gasteiger partial charge in [0.25, 0.3) is 0 Å². The Morgan fingerprint density at radius 3 is 0.732 bits per heavy atom. The predicted molar refractivity (Wildman–Crippen MR) is 190 cm³/mol. The topological polar surface area (TPSA) is 3.24 Å². The second-order valence-corrected chi connectivity index (χ2v) is 13.5. The maximum absolute atomic E-state index is 2.67. The van der Waals surface area contributed by atoms with Gasteiger partial charge in [-0.05, 0) is 26.7 Å². The maximum Gasteiger partial charge on any atom is 0.0174 e. The van der Waals surface area contributed by atoms with E-state index in [4.69, 9.17) is 0 Å². The van der Waals surface area contributed by atoms with E-state index in [2.05, 4.69) is 38.7 Å². The van der Waals surface area contributed by atoms with Gasteiger partial charge in [0.1, 0.15) is 0 Å². The molecule has 0 aliphatic rings. The standard InChI is InChI=1S/C40H81N/c1-5-8-10-12-14-16-18-20-22-24-26-28-30-32-34-36-38-41(40(4)7-3)39-37-35-33-31-29-27-25-23-21-19-17-15-13-11-9-6-2/h7H,5-6,8-39H2,1-4H3. The number of nitrogens with zero attached hydrogens (tertiary/aromatic N) is 1. The van der Waals surface area contributed by atoms with Crippen molar-refractivity contribution in [1.82, 2.24) is 4.90 Å². The summed E-state index contributed by atoms with van der Waals surface area (Å²) in [7, 11) is 0. The first-order valence-electron chi connectivity index (χ1n) is 19.6. The fourth-order valence-electron chi connectivity index (χ4n) is 6.35. The minimum Gasteiger partial charge on any atom is -0.375 e. The van der Waals surface area contributed by atoms with E-state index in [0.717, 1.165) is 0 Å². The van der Waals surface area contributed by atoms with Crippen molar-refractivity contribution in [2.24, 2.45) is 0 Å². The molecule has 0 spiro atoms. The molecule has 0 atom stereocenters. The zero-order valence-corrected chi connectivity index (χ0v) is 29.6. The van der Waals surface area contributed by atoms with Crippen LogP contribution in [0.1, 0.15) is 233 Å². The first-order chi connectivity index (χ1) is 20.3. The van der Waals surface area contributed by atoms with E-state index in [9.17, 15) is 0 Å². The van der Waals surface area contributed by atoms with Crippen LogP contribution >= 0.6 is 0 Å². The third kappa shape index (κ3) is 32.3. The molecule has 0 heterocycles. The number of allylic oxidation sites excluding steroid dienone is 2. The molecule has 0 aliphatic carbocycles. The van der Waals surface area contributed by atoms with Crippen molar-refractivity contribution in [3.05, 3.63) is 11.8 Å². The molecule has 0 aliphatic heterocycles. The lowest BCUT2D eigenvalue weighted by atomic mass is 10.0. The van der Waals surface area contributed by atoms with Gasteiger partial charge in [-0.15, -0.1) is 0 Å². The molecule has 41 heavy (non-hydrogen) atoms. The fraction of sp³-hybridized carbons (Fsp3) is 0.950. The monoisotopic (exact) mass is 576 g/mol. The summed E-state index contributed by atoms with van der Waals surface area (Å²) in [6, 6.07) is 0. The van der Waals surface area contributed by atoms with E-state index in [1.54, 1.807) is 0 Å². The average molecular weight is 576 g/mol. The molecular weight excluding hydrogens is 494 g/mol. The van der Waals surface area contributed by atoms with E-state index in [0.29, 0.717) is 0 Å². The molecule has 0 unspecified atom stereocenters. The SMILES string of the molecule is CC=C(C)N(CCCCCCCCCCCCCCCCCC)CCCCCCCCCCCCCCCCCC. The molecule has 0 radical (unpaired) electrons. The van der Waals surface area contributed by atoms with Crippen LogP contribution in [0.4, 0.5) is 0 Å². The number of rotatable bonds is 35. The molecule has 0 aromatic rings. The Hall–Kier alpha value is -0.460. The average Bonchev–Trinajstić information content (AvgIpc) is 2.99. The Kier molecular flexibility index (Phi) is 35.3. The van der Waals surface area contributed by atoms with E-state index in [1.807, 2.05) is 0 Å². The van der Waals surface area contributed by atoms with E-state index in [1.165, 1.54) is 224 Å². The van der Waals surface area contributed by atoms with E-state index in [-0.39, 0.29) is 0 Å². The summed E-state index contributed by atoms with van der Waals surface area (Å²) in [6.45, 7) is 11.7. The van der Waals surface area contributed by atoms with Gasteiger partial charge in [-0.2, -0.15) is 0 Å². The lowest BCUT2D eigenvalue weighted by Gasteiger charge is -2.25. The minimum absolute atomic E-state index is 1.27. The van der Waals surface area contributed by atoms with Gasteiger partial charge in [-0.1, -0.05) is 213 Å². The summed E-state index contributed by atoms with van der Waals surface area (Å²) in [4.78, 5) is 2.67. The van der Waals surface area contributed by atoms with Crippen LogP contribution in [0.3, 0.4) is 0 Å². The molecule has 0 aromatic carbocycles. The lowest BCUT2D eigenvalue weighted by molar-refractivity contribution is 0.322. The summed E-state index contributed by atoms with van der Waals surface area (Å²) in [6.07, 6.45) is 48.8. The quantitative estimate of drug-likeness (QED) is 0.0679. The molecule has 0 aromatic heterocycles. The number of unbranched alkanes of at least 4 members (excludes halogenated alkanes) is 30. The molecule has 1 nitrogen and oxygen atoms in total. The fourth-order valence-corrected chi connectivity index (χ4v) is 6.35. The van der Waals surface area contributed by atoms with Gasteiger partial charge in [-0.25, -0.2) is 0 Å². The predicted octanol–water partition coefficient (Wildman–Crippen LogP) is 14.7. The van der Waals surface area contributed by atoms with E-state index >= 15 is 0 Å². The van der Waals surface area contributed by atoms with Crippen molar-refractivity contribution in [3.8, 4) is 0 Å². The van der Waals surface area contributed by atoms with Gasteiger partial charge in [0.15, 0.2) is 0 Å². The van der Waals surface area contributed by atoms with Gasteiger partial charge >= 0.3 is 0 Å². The molecule has 0 amide bonds. The molecule has 0 rings (SSSR count). The second-order valence-electron chi connectivity index (χ2n) is 13.5. The summed E-state index contributed by atoms with van der Waals surface area (Å²) < 4.78 is 0. The molecule has 0 N–H and O–H groups in total. The zero-order valence-electron chi connectivity index (χ0n) is 29.6. The third-order valence-corrected chi connectivity index (χ3v) is 9.48. The van der Waals surface area contributed by atoms with Crippen LogP contribution < -0.4 is 0 Å². The molecule has 0 saturated heterocycles. The third-order valence-electron chi connectivity index (χ3n) is 9.48. The molecule has 246 valence electrons. The van der Waals surface area contributed by atoms with Crippen LogP contribution in [-0.4, -0.2) is 18.0 Å². The molecule has 1 heteroatoms. The summed E-state index contributed by atoms with van der Waals surface area (Å²) in [5.74, 6) is 0. The number of hydrogen-bond acceptors (Lipinski definition) is 1. The highest BCUT2D eigenvalue weighted by atomic mass is 15.1. The summed E-state index contributed by atoms with van der Waals surface area (Å²) in [5.41, 5.74) is 1.49. The zero-order chi connectivity index (χ0) is 29.9. The van der Waals surface area contributed by atoms with Gasteiger partial charge in [0.05, 0.1) is 0 Å². The van der Waals surface area contributed by atoms with Crippen LogP contribution in [0.25, 0.3) is 0 Å². The highest BCUT2D eigenvalue weighted by Crippen LogP contribution is 2.16. The largest absolute Gasteiger partial charge is 0.375 e. The highest BCUT2D eigenvalue weighted by Gasteiger charge is 2.05. The van der Waals surface area contributed by atoms with Crippen LogP contribution in [0.2, 0.25) is 0 Å². The Bertz CT molecular complexity index is 459. The van der Waals surface area contributed by atoms with Crippen molar-refractivity contribution >= 4 is 0 Å². The first-order valence-corrected chi connectivity index (χ1v) is 19.6. The molecular formula is C40H81N. The summed E-state index contributed by atoms with van der Waals surface area (Å²) in [5, 5.41) is 0. The van der Waals surface area contributed by atoms with Gasteiger partial charge < -0.3 is 4.90 Å². The van der Waals surface area contributed by atoms with Crippen molar-refractivity contribution in [3.63, 3.8) is 0 Å². The smallest absolute Gasteiger partial charge is 0.0174 e. The Balaban J connectivity index is 3.49. The van der Waals surface area contributed by atoms with Crippen LogP contribution in [0.5, 0.6) is 0 Å².